The van der Waals surface area contributed by atoms with E-state index in [0.29, 0.717) is 44.1 Å². The highest BCUT2D eigenvalue weighted by Crippen LogP contribution is 2.32. The number of aromatic nitrogens is 4. The number of anilines is 2. The maximum atomic E-state index is 6.23. The predicted octanol–water partition coefficient (Wildman–Crippen LogP) is 3.46. The molecule has 1 saturated heterocycles. The van der Waals surface area contributed by atoms with E-state index in [4.69, 9.17) is 33.4 Å². The summed E-state index contributed by atoms with van der Waals surface area (Å²) in [6.07, 6.45) is 1.63. The third kappa shape index (κ3) is 4.92. The molecule has 1 aliphatic heterocycles. The summed E-state index contributed by atoms with van der Waals surface area (Å²) in [5, 5.41) is 1.66. The van der Waals surface area contributed by atoms with Crippen molar-refractivity contribution in [3.05, 3.63) is 40.3 Å². The van der Waals surface area contributed by atoms with Crippen molar-refractivity contribution in [1.29, 1.82) is 0 Å². The van der Waals surface area contributed by atoms with E-state index >= 15 is 0 Å². The fourth-order valence-corrected chi connectivity index (χ4v) is 3.96. The van der Waals surface area contributed by atoms with Gasteiger partial charge < -0.3 is 20.0 Å². The number of rotatable bonds is 5. The van der Waals surface area contributed by atoms with Gasteiger partial charge in [-0.1, -0.05) is 35.0 Å². The fraction of sp³-hybridized carbons (Fsp3) is 0.333. The summed E-state index contributed by atoms with van der Waals surface area (Å²) in [6, 6.07) is 5.20. The van der Waals surface area contributed by atoms with E-state index in [2.05, 4.69) is 36.8 Å². The van der Waals surface area contributed by atoms with E-state index in [1.54, 1.807) is 24.4 Å². The topological polar surface area (TPSA) is 97.2 Å². The van der Waals surface area contributed by atoms with E-state index in [-0.39, 0.29) is 5.95 Å². The first-order chi connectivity index (χ1) is 14.0. The van der Waals surface area contributed by atoms with Gasteiger partial charge in [0.2, 0.25) is 17.8 Å². The minimum atomic E-state index is 0.204. The molecule has 1 fully saturated rings. The molecule has 152 valence electrons. The molecule has 1 aliphatic rings. The Bertz CT molecular complexity index is 1010. The Morgan fingerprint density at radius 1 is 1.14 bits per heavy atom. The van der Waals surface area contributed by atoms with E-state index in [1.807, 2.05) is 0 Å². The number of oxazole rings is 1. The van der Waals surface area contributed by atoms with Crippen LogP contribution in [0.5, 0.6) is 0 Å². The maximum Gasteiger partial charge on any atom is 0.231 e. The normalized spacial score (nSPS) is 15.1. The average Bonchev–Trinajstić information content (AvgIpc) is 3.17. The van der Waals surface area contributed by atoms with Gasteiger partial charge in [0.05, 0.1) is 17.0 Å². The van der Waals surface area contributed by atoms with Crippen molar-refractivity contribution in [3.8, 4) is 11.3 Å². The van der Waals surface area contributed by atoms with Gasteiger partial charge in [0, 0.05) is 36.8 Å². The van der Waals surface area contributed by atoms with E-state index in [0.717, 1.165) is 26.2 Å². The van der Waals surface area contributed by atoms with E-state index < -0.39 is 0 Å². The molecule has 11 heteroatoms. The largest absolute Gasteiger partial charge is 0.440 e. The average molecular weight is 452 g/mol. The van der Waals surface area contributed by atoms with Crippen LogP contribution in [0.25, 0.3) is 11.3 Å². The smallest absolute Gasteiger partial charge is 0.231 e. The van der Waals surface area contributed by atoms with Gasteiger partial charge in [-0.15, -0.1) is 0 Å². The molecule has 8 nitrogen and oxygen atoms in total. The molecular formula is C18H19Cl2N7OS. The zero-order chi connectivity index (χ0) is 20.4. The zero-order valence-corrected chi connectivity index (χ0v) is 18.0. The lowest BCUT2D eigenvalue weighted by molar-refractivity contribution is 0.311. The number of halogens is 2. The number of nitrogen functional groups attached to an aromatic ring is 1. The highest BCUT2D eigenvalue weighted by Gasteiger charge is 2.18. The number of piperazine rings is 1. The molecule has 0 radical (unpaired) electrons. The van der Waals surface area contributed by atoms with Gasteiger partial charge in [-0.05, 0) is 25.2 Å². The van der Waals surface area contributed by atoms with Gasteiger partial charge >= 0.3 is 0 Å². The third-order valence-electron chi connectivity index (χ3n) is 4.48. The van der Waals surface area contributed by atoms with E-state index in [9.17, 15) is 0 Å². The van der Waals surface area contributed by atoms with Crippen molar-refractivity contribution in [1.82, 2.24) is 24.8 Å². The quantitative estimate of drug-likeness (QED) is 0.584. The minimum Gasteiger partial charge on any atom is -0.440 e. The first kappa shape index (κ1) is 20.2. The maximum absolute atomic E-state index is 6.23. The van der Waals surface area contributed by atoms with Crippen molar-refractivity contribution < 1.29 is 4.42 Å². The predicted molar refractivity (Wildman–Crippen MR) is 115 cm³/mol. The number of nitrogens with two attached hydrogens (primary N) is 1. The van der Waals surface area contributed by atoms with Crippen LogP contribution < -0.4 is 10.6 Å². The second-order valence-electron chi connectivity index (χ2n) is 6.60. The van der Waals surface area contributed by atoms with Crippen LogP contribution in [0.2, 0.25) is 10.0 Å². The summed E-state index contributed by atoms with van der Waals surface area (Å²) in [6.45, 7) is 3.62. The molecule has 2 aromatic heterocycles. The molecule has 2 N–H and O–H groups in total. The summed E-state index contributed by atoms with van der Waals surface area (Å²) in [5.74, 6) is 2.34. The Kier molecular flexibility index (Phi) is 6.09. The first-order valence-corrected chi connectivity index (χ1v) is 10.7. The van der Waals surface area contributed by atoms with Crippen molar-refractivity contribution in [3.63, 3.8) is 0 Å². The lowest BCUT2D eigenvalue weighted by Gasteiger charge is -2.32. The third-order valence-corrected chi connectivity index (χ3v) is 5.88. The van der Waals surface area contributed by atoms with Crippen molar-refractivity contribution in [2.24, 2.45) is 0 Å². The summed E-state index contributed by atoms with van der Waals surface area (Å²) in [4.78, 5) is 21.8. The Morgan fingerprint density at radius 3 is 2.72 bits per heavy atom. The lowest BCUT2D eigenvalue weighted by Crippen LogP contribution is -2.45. The van der Waals surface area contributed by atoms with Crippen LogP contribution in [0.4, 0.5) is 11.9 Å². The molecule has 3 aromatic rings. The molecule has 0 amide bonds. The van der Waals surface area contributed by atoms with Crippen molar-refractivity contribution in [2.75, 3.05) is 43.9 Å². The molecule has 0 unspecified atom stereocenters. The summed E-state index contributed by atoms with van der Waals surface area (Å²) in [5.41, 5.74) is 6.59. The standard InChI is InChI=1S/C18H19Cl2N7OS/c1-26-4-6-27(7-5-26)17-23-16(21)24-18(25-17)29-10-15-22-9-14(28-15)12-8-11(19)2-3-13(12)20/h2-3,8-9H,4-7,10H2,1H3,(H2,21,23,24,25). The Morgan fingerprint density at radius 2 is 1.93 bits per heavy atom. The second kappa shape index (κ2) is 8.74. The highest BCUT2D eigenvalue weighted by atomic mass is 35.5. The summed E-state index contributed by atoms with van der Waals surface area (Å²) < 4.78 is 5.82. The van der Waals surface area contributed by atoms with Gasteiger partial charge in [0.1, 0.15) is 0 Å². The zero-order valence-electron chi connectivity index (χ0n) is 15.7. The Labute approximate surface area is 182 Å². The Balaban J connectivity index is 1.46. The SMILES string of the molecule is CN1CCN(c2nc(N)nc(SCc3ncc(-c4cc(Cl)ccc4Cl)o3)n2)CC1. The van der Waals surface area contributed by atoms with Gasteiger partial charge in [-0.3, -0.25) is 0 Å². The van der Waals surface area contributed by atoms with Crippen LogP contribution in [-0.2, 0) is 5.75 Å². The van der Waals surface area contributed by atoms with Crippen LogP contribution in [0.1, 0.15) is 5.89 Å². The van der Waals surface area contributed by atoms with Crippen molar-refractivity contribution in [2.45, 2.75) is 10.9 Å². The number of thioether (sulfide) groups is 1. The first-order valence-electron chi connectivity index (χ1n) is 8.96. The summed E-state index contributed by atoms with van der Waals surface area (Å²) in [7, 11) is 2.10. The van der Waals surface area contributed by atoms with Crippen LogP contribution >= 0.6 is 35.0 Å². The monoisotopic (exact) mass is 451 g/mol. The molecule has 3 heterocycles. The van der Waals surface area contributed by atoms with Crippen LogP contribution in [0.3, 0.4) is 0 Å². The molecule has 29 heavy (non-hydrogen) atoms. The molecule has 0 saturated carbocycles. The fourth-order valence-electron chi connectivity index (χ4n) is 2.89. The second-order valence-corrected chi connectivity index (χ2v) is 8.38. The number of hydrogen-bond acceptors (Lipinski definition) is 9. The van der Waals surface area contributed by atoms with Crippen LogP contribution in [0, 0.1) is 0 Å². The highest BCUT2D eigenvalue weighted by molar-refractivity contribution is 7.98. The lowest BCUT2D eigenvalue weighted by atomic mass is 10.2. The number of nitrogens with zero attached hydrogens (tertiary/aromatic N) is 6. The van der Waals surface area contributed by atoms with Crippen LogP contribution in [0.15, 0.2) is 34.0 Å². The molecule has 0 aliphatic carbocycles. The van der Waals surface area contributed by atoms with Gasteiger partial charge in [-0.25, -0.2) is 4.98 Å². The summed E-state index contributed by atoms with van der Waals surface area (Å²) >= 11 is 13.7. The van der Waals surface area contributed by atoms with Gasteiger partial charge in [0.15, 0.2) is 10.9 Å². The molecule has 0 spiro atoms. The van der Waals surface area contributed by atoms with Gasteiger partial charge in [-0.2, -0.15) is 15.0 Å². The molecular weight excluding hydrogens is 433 g/mol. The minimum absolute atomic E-state index is 0.204. The molecule has 4 rings (SSSR count). The molecule has 0 atom stereocenters. The Hall–Kier alpha value is -2.07. The van der Waals surface area contributed by atoms with Crippen molar-refractivity contribution >= 4 is 46.9 Å². The number of likely N-dealkylation sites (N-methyl/N-ethyl adjacent to an activating group) is 1. The molecule has 1 aromatic carbocycles. The van der Waals surface area contributed by atoms with Crippen LogP contribution in [-0.4, -0.2) is 58.1 Å². The number of benzene rings is 1. The van der Waals surface area contributed by atoms with Gasteiger partial charge in [0.25, 0.3) is 0 Å². The number of hydrogen-bond donors (Lipinski definition) is 1. The molecule has 0 bridgehead atoms. The van der Waals surface area contributed by atoms with E-state index in [1.165, 1.54) is 11.8 Å².